The lowest BCUT2D eigenvalue weighted by molar-refractivity contribution is -0.134. The van der Waals surface area contributed by atoms with Gasteiger partial charge in [0.05, 0.1) is 7.11 Å². The van der Waals surface area contributed by atoms with Gasteiger partial charge >= 0.3 is 5.97 Å². The van der Waals surface area contributed by atoms with Crippen molar-refractivity contribution in [3.63, 3.8) is 0 Å². The molecule has 2 aromatic rings. The van der Waals surface area contributed by atoms with E-state index in [1.165, 1.54) is 13.2 Å². The fourth-order valence-corrected chi connectivity index (χ4v) is 2.01. The van der Waals surface area contributed by atoms with Crippen molar-refractivity contribution in [2.75, 3.05) is 7.11 Å². The Bertz CT molecular complexity index is 640. The number of carbonyl (C=O) groups is 1. The van der Waals surface area contributed by atoms with Gasteiger partial charge in [-0.15, -0.1) is 0 Å². The fraction of sp³-hybridized carbons (Fsp3) is 0.118. The van der Waals surface area contributed by atoms with Crippen LogP contribution in [-0.2, 0) is 9.53 Å². The van der Waals surface area contributed by atoms with Crippen LogP contribution in [0.4, 0.5) is 0 Å². The molecule has 0 atom stereocenters. The van der Waals surface area contributed by atoms with E-state index < -0.39 is 0 Å². The number of phenolic OH excluding ortho intramolecular Hbond substituents is 1. The summed E-state index contributed by atoms with van der Waals surface area (Å²) in [6.07, 6.45) is 3.15. The minimum Gasteiger partial charge on any atom is -0.508 e. The van der Waals surface area contributed by atoms with Crippen molar-refractivity contribution in [1.29, 1.82) is 0 Å². The van der Waals surface area contributed by atoms with Crippen LogP contribution < -0.4 is 0 Å². The smallest absolute Gasteiger partial charge is 0.330 e. The Morgan fingerprint density at radius 3 is 2.50 bits per heavy atom. The molecule has 1 N–H and O–H groups in total. The summed E-state index contributed by atoms with van der Waals surface area (Å²) in [6.45, 7) is 2.00. The molecular formula is C17H16O3. The number of esters is 1. The quantitative estimate of drug-likeness (QED) is 0.684. The molecule has 0 saturated heterocycles. The Balaban J connectivity index is 2.39. The lowest BCUT2D eigenvalue weighted by atomic mass is 9.96. The molecule has 3 heteroatoms. The van der Waals surface area contributed by atoms with Crippen LogP contribution in [0.2, 0.25) is 0 Å². The van der Waals surface area contributed by atoms with Crippen molar-refractivity contribution < 1.29 is 14.6 Å². The molecule has 0 saturated carbocycles. The minimum atomic E-state index is -0.376. The second-order valence-electron chi connectivity index (χ2n) is 4.42. The number of methoxy groups -OCH3 is 1. The van der Waals surface area contributed by atoms with Gasteiger partial charge in [0.25, 0.3) is 0 Å². The first-order valence-corrected chi connectivity index (χ1v) is 6.27. The number of hydrogen-bond acceptors (Lipinski definition) is 3. The Labute approximate surface area is 118 Å². The van der Waals surface area contributed by atoms with Crippen molar-refractivity contribution in [3.8, 4) is 16.9 Å². The van der Waals surface area contributed by atoms with E-state index in [1.54, 1.807) is 18.2 Å². The molecule has 2 aromatic carbocycles. The Hall–Kier alpha value is -2.55. The van der Waals surface area contributed by atoms with Crippen LogP contribution >= 0.6 is 0 Å². The summed E-state index contributed by atoms with van der Waals surface area (Å²) in [7, 11) is 1.35. The standard InChI is InChI=1S/C17H16O3/c1-12-13(8-11-17(19)20-2)4-3-5-16(12)14-6-9-15(18)10-7-14/h3-11,18H,1-2H3/b11-8+. The van der Waals surface area contributed by atoms with E-state index >= 15 is 0 Å². The average molecular weight is 268 g/mol. The highest BCUT2D eigenvalue weighted by Crippen LogP contribution is 2.27. The van der Waals surface area contributed by atoms with Crippen molar-refractivity contribution in [3.05, 3.63) is 59.7 Å². The van der Waals surface area contributed by atoms with E-state index in [9.17, 15) is 9.90 Å². The van der Waals surface area contributed by atoms with E-state index in [0.717, 1.165) is 22.3 Å². The Morgan fingerprint density at radius 1 is 1.15 bits per heavy atom. The third-order valence-corrected chi connectivity index (χ3v) is 3.15. The number of carbonyl (C=O) groups excluding carboxylic acids is 1. The molecule has 3 nitrogen and oxygen atoms in total. The van der Waals surface area contributed by atoms with Crippen LogP contribution in [0.3, 0.4) is 0 Å². The molecule has 0 aromatic heterocycles. The third-order valence-electron chi connectivity index (χ3n) is 3.15. The molecule has 2 rings (SSSR count). The van der Waals surface area contributed by atoms with E-state index in [-0.39, 0.29) is 11.7 Å². The number of benzene rings is 2. The molecule has 0 fully saturated rings. The SMILES string of the molecule is COC(=O)/C=C/c1cccc(-c2ccc(O)cc2)c1C. The van der Waals surface area contributed by atoms with Gasteiger partial charge < -0.3 is 9.84 Å². The molecule has 102 valence electrons. The van der Waals surface area contributed by atoms with E-state index in [1.807, 2.05) is 37.3 Å². The topological polar surface area (TPSA) is 46.5 Å². The lowest BCUT2D eigenvalue weighted by Crippen LogP contribution is -1.94. The second kappa shape index (κ2) is 6.06. The maximum absolute atomic E-state index is 11.2. The molecular weight excluding hydrogens is 252 g/mol. The first-order valence-electron chi connectivity index (χ1n) is 6.27. The molecule has 0 amide bonds. The first-order chi connectivity index (χ1) is 9.61. The average Bonchev–Trinajstić information content (AvgIpc) is 2.47. The summed E-state index contributed by atoms with van der Waals surface area (Å²) in [6, 6.07) is 12.9. The van der Waals surface area contributed by atoms with E-state index in [2.05, 4.69) is 4.74 Å². The molecule has 0 heterocycles. The summed E-state index contributed by atoms with van der Waals surface area (Å²) >= 11 is 0. The van der Waals surface area contributed by atoms with E-state index in [0.29, 0.717) is 0 Å². The number of ether oxygens (including phenoxy) is 1. The molecule has 0 spiro atoms. The van der Waals surface area contributed by atoms with Gasteiger partial charge in [-0.1, -0.05) is 30.3 Å². The highest BCUT2D eigenvalue weighted by atomic mass is 16.5. The summed E-state index contributed by atoms with van der Waals surface area (Å²) in [4.78, 5) is 11.2. The summed E-state index contributed by atoms with van der Waals surface area (Å²) < 4.78 is 4.59. The Morgan fingerprint density at radius 2 is 1.85 bits per heavy atom. The largest absolute Gasteiger partial charge is 0.508 e. The van der Waals surface area contributed by atoms with Crippen LogP contribution in [0.1, 0.15) is 11.1 Å². The zero-order chi connectivity index (χ0) is 14.5. The monoisotopic (exact) mass is 268 g/mol. The zero-order valence-electron chi connectivity index (χ0n) is 11.5. The van der Waals surface area contributed by atoms with Crippen molar-refractivity contribution >= 4 is 12.0 Å². The van der Waals surface area contributed by atoms with Crippen LogP contribution in [0.15, 0.2) is 48.5 Å². The molecule has 0 unspecified atom stereocenters. The fourth-order valence-electron chi connectivity index (χ4n) is 2.01. The second-order valence-corrected chi connectivity index (χ2v) is 4.42. The maximum atomic E-state index is 11.2. The van der Waals surface area contributed by atoms with Gasteiger partial charge in [-0.25, -0.2) is 4.79 Å². The van der Waals surface area contributed by atoms with Crippen LogP contribution in [-0.4, -0.2) is 18.2 Å². The van der Waals surface area contributed by atoms with Crippen LogP contribution in [0, 0.1) is 6.92 Å². The Kier molecular flexibility index (Phi) is 4.20. The normalized spacial score (nSPS) is 10.7. The van der Waals surface area contributed by atoms with Gasteiger partial charge in [-0.2, -0.15) is 0 Å². The number of rotatable bonds is 3. The lowest BCUT2D eigenvalue weighted by Gasteiger charge is -2.09. The summed E-state index contributed by atoms with van der Waals surface area (Å²) in [5, 5.41) is 9.34. The van der Waals surface area contributed by atoms with Crippen molar-refractivity contribution in [2.24, 2.45) is 0 Å². The van der Waals surface area contributed by atoms with Gasteiger partial charge in [0.2, 0.25) is 0 Å². The third kappa shape index (κ3) is 3.06. The molecule has 0 aliphatic rings. The van der Waals surface area contributed by atoms with Gasteiger partial charge in [0.15, 0.2) is 0 Å². The van der Waals surface area contributed by atoms with Crippen LogP contribution in [0.25, 0.3) is 17.2 Å². The predicted molar refractivity (Wildman–Crippen MR) is 79.3 cm³/mol. The zero-order valence-corrected chi connectivity index (χ0v) is 11.5. The van der Waals surface area contributed by atoms with Gasteiger partial charge in [-0.3, -0.25) is 0 Å². The summed E-state index contributed by atoms with van der Waals surface area (Å²) in [5.41, 5.74) is 4.12. The minimum absolute atomic E-state index is 0.244. The number of hydrogen-bond donors (Lipinski definition) is 1. The predicted octanol–water partition coefficient (Wildman–Crippen LogP) is 3.55. The maximum Gasteiger partial charge on any atom is 0.330 e. The van der Waals surface area contributed by atoms with Crippen LogP contribution in [0.5, 0.6) is 5.75 Å². The first kappa shape index (κ1) is 13.9. The van der Waals surface area contributed by atoms with Gasteiger partial charge in [-0.05, 0) is 47.4 Å². The summed E-state index contributed by atoms with van der Waals surface area (Å²) in [5.74, 6) is -0.132. The van der Waals surface area contributed by atoms with Gasteiger partial charge in [0.1, 0.15) is 5.75 Å². The molecule has 0 aliphatic carbocycles. The number of phenols is 1. The molecule has 0 aliphatic heterocycles. The highest BCUT2D eigenvalue weighted by molar-refractivity contribution is 5.87. The highest BCUT2D eigenvalue weighted by Gasteiger charge is 2.05. The molecule has 0 radical (unpaired) electrons. The number of aromatic hydroxyl groups is 1. The van der Waals surface area contributed by atoms with E-state index in [4.69, 9.17) is 0 Å². The van der Waals surface area contributed by atoms with Gasteiger partial charge in [0, 0.05) is 6.08 Å². The molecule has 20 heavy (non-hydrogen) atoms. The molecule has 0 bridgehead atoms. The van der Waals surface area contributed by atoms with Crippen molar-refractivity contribution in [2.45, 2.75) is 6.92 Å². The van der Waals surface area contributed by atoms with Crippen molar-refractivity contribution in [1.82, 2.24) is 0 Å².